The van der Waals surface area contributed by atoms with Gasteiger partial charge in [0.2, 0.25) is 5.88 Å². The fourth-order valence-corrected chi connectivity index (χ4v) is 2.87. The molecular formula is C12H10Cl2N2O2. The molecule has 0 spiro atoms. The lowest BCUT2D eigenvalue weighted by Gasteiger charge is -2.05. The van der Waals surface area contributed by atoms with E-state index in [1.807, 2.05) is 0 Å². The maximum Gasteiger partial charge on any atom is 0.335 e. The zero-order valence-electron chi connectivity index (χ0n) is 9.36. The van der Waals surface area contributed by atoms with E-state index in [0.717, 1.165) is 6.42 Å². The third-order valence-electron chi connectivity index (χ3n) is 3.12. The third-order valence-corrected chi connectivity index (χ3v) is 3.56. The Bertz CT molecular complexity index is 668. The van der Waals surface area contributed by atoms with Gasteiger partial charge in [-0.25, -0.2) is 9.36 Å². The van der Waals surface area contributed by atoms with Gasteiger partial charge in [0.15, 0.2) is 0 Å². The van der Waals surface area contributed by atoms with Crippen LogP contribution in [0.1, 0.15) is 12.1 Å². The van der Waals surface area contributed by atoms with Crippen LogP contribution >= 0.6 is 23.2 Å². The first kappa shape index (κ1) is 11.7. The van der Waals surface area contributed by atoms with E-state index in [-0.39, 0.29) is 11.6 Å². The van der Waals surface area contributed by atoms with E-state index in [0.29, 0.717) is 34.4 Å². The highest BCUT2D eigenvalue weighted by Gasteiger charge is 2.24. The third kappa shape index (κ3) is 1.64. The topological polar surface area (TPSA) is 47.2 Å². The summed E-state index contributed by atoms with van der Waals surface area (Å²) in [5.41, 5.74) is 0.909. The smallest absolute Gasteiger partial charge is 0.335 e. The quantitative estimate of drug-likeness (QED) is 0.875. The molecule has 0 unspecified atom stereocenters. The van der Waals surface area contributed by atoms with E-state index in [4.69, 9.17) is 23.2 Å². The summed E-state index contributed by atoms with van der Waals surface area (Å²) in [6.45, 7) is 0.642. The molecule has 1 aromatic carbocycles. The average Bonchev–Trinajstić information content (AvgIpc) is 2.83. The molecule has 94 valence electrons. The second kappa shape index (κ2) is 4.07. The maximum absolute atomic E-state index is 12.2. The molecule has 6 heteroatoms. The zero-order chi connectivity index (χ0) is 12.9. The zero-order valence-corrected chi connectivity index (χ0v) is 10.9. The molecular weight excluding hydrogens is 275 g/mol. The van der Waals surface area contributed by atoms with Crippen LogP contribution in [0.15, 0.2) is 23.0 Å². The van der Waals surface area contributed by atoms with Gasteiger partial charge in [-0.3, -0.25) is 4.57 Å². The molecule has 3 rings (SSSR count). The van der Waals surface area contributed by atoms with Gasteiger partial charge in [0.05, 0.1) is 11.4 Å². The summed E-state index contributed by atoms with van der Waals surface area (Å²) < 4.78 is 2.83. The molecule has 1 aliphatic heterocycles. The number of nitrogens with zero attached hydrogens (tertiary/aromatic N) is 2. The summed E-state index contributed by atoms with van der Waals surface area (Å²) in [6.07, 6.45) is 1.59. The second-order valence-corrected chi connectivity index (χ2v) is 5.14. The van der Waals surface area contributed by atoms with Crippen molar-refractivity contribution in [2.24, 2.45) is 0 Å². The Kier molecular flexibility index (Phi) is 2.64. The predicted octanol–water partition coefficient (Wildman–Crippen LogP) is 2.60. The van der Waals surface area contributed by atoms with Gasteiger partial charge < -0.3 is 5.11 Å². The van der Waals surface area contributed by atoms with Gasteiger partial charge >= 0.3 is 5.69 Å². The fourth-order valence-electron chi connectivity index (χ4n) is 2.36. The Morgan fingerprint density at radius 1 is 1.17 bits per heavy atom. The van der Waals surface area contributed by atoms with Gasteiger partial charge in [-0.05, 0) is 31.0 Å². The number of aromatic nitrogens is 2. The Morgan fingerprint density at radius 3 is 2.44 bits per heavy atom. The fraction of sp³-hybridized carbons (Fsp3) is 0.250. The van der Waals surface area contributed by atoms with Crippen LogP contribution in [0.2, 0.25) is 10.0 Å². The van der Waals surface area contributed by atoms with Crippen LogP contribution in [-0.4, -0.2) is 14.2 Å². The highest BCUT2D eigenvalue weighted by molar-refractivity contribution is 6.34. The van der Waals surface area contributed by atoms with Crippen molar-refractivity contribution in [2.45, 2.75) is 19.4 Å². The second-order valence-electron chi connectivity index (χ2n) is 4.27. The molecule has 0 saturated carbocycles. The van der Waals surface area contributed by atoms with Crippen molar-refractivity contribution in [1.29, 1.82) is 0 Å². The average molecular weight is 285 g/mol. The highest BCUT2D eigenvalue weighted by Crippen LogP contribution is 2.28. The molecule has 0 fully saturated rings. The van der Waals surface area contributed by atoms with Crippen molar-refractivity contribution in [1.82, 2.24) is 9.13 Å². The van der Waals surface area contributed by atoms with E-state index in [9.17, 15) is 9.90 Å². The van der Waals surface area contributed by atoms with Gasteiger partial charge in [-0.15, -0.1) is 0 Å². The van der Waals surface area contributed by atoms with Crippen molar-refractivity contribution >= 4 is 23.2 Å². The van der Waals surface area contributed by atoms with Crippen molar-refractivity contribution in [3.63, 3.8) is 0 Å². The van der Waals surface area contributed by atoms with Gasteiger partial charge in [0.25, 0.3) is 0 Å². The Morgan fingerprint density at radius 2 is 1.83 bits per heavy atom. The number of halogens is 2. The molecule has 0 amide bonds. The van der Waals surface area contributed by atoms with Crippen molar-refractivity contribution in [3.05, 3.63) is 44.4 Å². The number of benzene rings is 1. The predicted molar refractivity (Wildman–Crippen MR) is 70.0 cm³/mol. The Balaban J connectivity index is 2.27. The van der Waals surface area contributed by atoms with Gasteiger partial charge in [-0.2, -0.15) is 0 Å². The van der Waals surface area contributed by atoms with E-state index in [1.165, 1.54) is 4.57 Å². The Hall–Kier alpha value is -1.39. The lowest BCUT2D eigenvalue weighted by atomic mass is 10.3. The van der Waals surface area contributed by atoms with Crippen LogP contribution in [0.3, 0.4) is 0 Å². The summed E-state index contributed by atoms with van der Waals surface area (Å²) in [5.74, 6) is -0.0177. The summed E-state index contributed by atoms with van der Waals surface area (Å²) >= 11 is 11.8. The van der Waals surface area contributed by atoms with Gasteiger partial charge in [0, 0.05) is 16.6 Å². The van der Waals surface area contributed by atoms with E-state index >= 15 is 0 Å². The lowest BCUT2D eigenvalue weighted by Crippen LogP contribution is -2.22. The molecule has 1 N–H and O–H groups in total. The highest BCUT2D eigenvalue weighted by atomic mass is 35.5. The molecule has 0 saturated heterocycles. The Labute approximate surface area is 113 Å². The van der Waals surface area contributed by atoms with Crippen LogP contribution in [-0.2, 0) is 13.0 Å². The molecule has 0 bridgehead atoms. The van der Waals surface area contributed by atoms with Crippen molar-refractivity contribution < 1.29 is 5.11 Å². The first-order valence-corrected chi connectivity index (χ1v) is 6.33. The lowest BCUT2D eigenvalue weighted by molar-refractivity contribution is 0.435. The number of aromatic hydroxyl groups is 1. The standard InChI is InChI=1S/C12H10Cl2N2O2/c13-7-4-8(14)6-9(5-7)16-11(17)10-2-1-3-15(10)12(16)18/h4-6,17H,1-3H2. The summed E-state index contributed by atoms with van der Waals surface area (Å²) in [5, 5.41) is 11.0. The maximum atomic E-state index is 12.2. The monoisotopic (exact) mass is 284 g/mol. The molecule has 18 heavy (non-hydrogen) atoms. The van der Waals surface area contributed by atoms with Crippen LogP contribution in [0.4, 0.5) is 0 Å². The molecule has 2 heterocycles. The molecule has 1 aromatic heterocycles. The van der Waals surface area contributed by atoms with Crippen molar-refractivity contribution in [2.75, 3.05) is 0 Å². The number of fused-ring (bicyclic) bond motifs is 1. The van der Waals surface area contributed by atoms with E-state index in [1.54, 1.807) is 22.8 Å². The minimum atomic E-state index is -0.252. The molecule has 1 aliphatic rings. The van der Waals surface area contributed by atoms with E-state index in [2.05, 4.69) is 0 Å². The number of rotatable bonds is 1. The SMILES string of the molecule is O=c1n2c(c(O)n1-c1cc(Cl)cc(Cl)c1)CCC2. The summed E-state index contributed by atoms with van der Waals surface area (Å²) in [6, 6.07) is 4.78. The largest absolute Gasteiger partial charge is 0.493 e. The summed E-state index contributed by atoms with van der Waals surface area (Å²) in [7, 11) is 0. The molecule has 0 atom stereocenters. The van der Waals surface area contributed by atoms with E-state index < -0.39 is 0 Å². The van der Waals surface area contributed by atoms with Gasteiger partial charge in [0.1, 0.15) is 0 Å². The molecule has 2 aromatic rings. The van der Waals surface area contributed by atoms with Crippen molar-refractivity contribution in [3.8, 4) is 11.6 Å². The summed E-state index contributed by atoms with van der Waals surface area (Å²) in [4.78, 5) is 12.2. The first-order chi connectivity index (χ1) is 8.58. The number of hydrogen-bond donors (Lipinski definition) is 1. The van der Waals surface area contributed by atoms with Gasteiger partial charge in [-0.1, -0.05) is 23.2 Å². The first-order valence-electron chi connectivity index (χ1n) is 5.58. The molecule has 0 radical (unpaired) electrons. The van der Waals surface area contributed by atoms with Crippen LogP contribution < -0.4 is 5.69 Å². The normalized spacial score (nSPS) is 13.9. The van der Waals surface area contributed by atoms with Crippen LogP contribution in [0.5, 0.6) is 5.88 Å². The molecule has 0 aliphatic carbocycles. The number of hydrogen-bond acceptors (Lipinski definition) is 2. The van der Waals surface area contributed by atoms with Crippen LogP contribution in [0, 0.1) is 0 Å². The van der Waals surface area contributed by atoms with Crippen LogP contribution in [0.25, 0.3) is 5.69 Å². The molecule has 4 nitrogen and oxygen atoms in total. The minimum absolute atomic E-state index is 0.0177. The number of imidazole rings is 1. The minimum Gasteiger partial charge on any atom is -0.493 e.